The number of amides is 1. The van der Waals surface area contributed by atoms with Gasteiger partial charge >= 0.3 is 0 Å². The maximum Gasteiger partial charge on any atom is 0.251 e. The van der Waals surface area contributed by atoms with Crippen molar-refractivity contribution in [3.63, 3.8) is 0 Å². The molecule has 1 aromatic carbocycles. The second-order valence-corrected chi connectivity index (χ2v) is 3.79. The highest BCUT2D eigenvalue weighted by molar-refractivity contribution is 5.94. The van der Waals surface area contributed by atoms with E-state index in [1.807, 2.05) is 0 Å². The molecule has 0 fully saturated rings. The van der Waals surface area contributed by atoms with E-state index in [9.17, 15) is 18.0 Å². The largest absolute Gasteiger partial charge is 0.396 e. The number of halogens is 3. The van der Waals surface area contributed by atoms with Crippen LogP contribution in [0.15, 0.2) is 12.1 Å². The van der Waals surface area contributed by atoms with Crippen molar-refractivity contribution in [1.29, 1.82) is 0 Å². The second kappa shape index (κ2) is 7.00. The summed E-state index contributed by atoms with van der Waals surface area (Å²) >= 11 is 0. The fraction of sp³-hybridized carbons (Fsp3) is 0.417. The van der Waals surface area contributed by atoms with Crippen LogP contribution in [0.2, 0.25) is 0 Å². The molecular formula is C12H14F3NO2. The Hall–Kier alpha value is -1.56. The molecule has 0 unspecified atom stereocenters. The fourth-order valence-corrected chi connectivity index (χ4v) is 1.40. The highest BCUT2D eigenvalue weighted by Crippen LogP contribution is 2.13. The minimum Gasteiger partial charge on any atom is -0.396 e. The summed E-state index contributed by atoms with van der Waals surface area (Å²) < 4.78 is 38.4. The molecule has 0 aliphatic heterocycles. The highest BCUT2D eigenvalue weighted by atomic mass is 19.2. The lowest BCUT2D eigenvalue weighted by atomic mass is 10.2. The summed E-state index contributed by atoms with van der Waals surface area (Å²) in [5.41, 5.74) is -0.256. The maximum atomic E-state index is 12.9. The van der Waals surface area contributed by atoms with E-state index in [4.69, 9.17) is 5.11 Å². The topological polar surface area (TPSA) is 49.3 Å². The summed E-state index contributed by atoms with van der Waals surface area (Å²) in [5, 5.41) is 11.0. The first-order valence-corrected chi connectivity index (χ1v) is 5.60. The monoisotopic (exact) mass is 261 g/mol. The van der Waals surface area contributed by atoms with Crippen LogP contribution in [0.4, 0.5) is 13.2 Å². The third kappa shape index (κ3) is 4.03. The molecular weight excluding hydrogens is 247 g/mol. The molecule has 3 nitrogen and oxygen atoms in total. The predicted molar refractivity (Wildman–Crippen MR) is 59.6 cm³/mol. The molecule has 6 heteroatoms. The Kier molecular flexibility index (Phi) is 5.64. The number of carbonyl (C=O) groups is 1. The number of rotatable bonds is 6. The van der Waals surface area contributed by atoms with Crippen LogP contribution in [0.3, 0.4) is 0 Å². The minimum absolute atomic E-state index is 0.0856. The van der Waals surface area contributed by atoms with E-state index in [1.54, 1.807) is 0 Å². The number of aliphatic hydroxyl groups excluding tert-OH is 1. The zero-order chi connectivity index (χ0) is 13.5. The quantitative estimate of drug-likeness (QED) is 0.608. The number of carbonyl (C=O) groups excluding carboxylic acids is 1. The zero-order valence-electron chi connectivity index (χ0n) is 9.68. The number of hydrogen-bond acceptors (Lipinski definition) is 2. The van der Waals surface area contributed by atoms with Gasteiger partial charge in [0.1, 0.15) is 0 Å². The van der Waals surface area contributed by atoms with Crippen molar-refractivity contribution in [1.82, 2.24) is 5.32 Å². The molecule has 1 rings (SSSR count). The molecule has 1 amide bonds. The average Bonchev–Trinajstić information content (AvgIpc) is 2.34. The molecule has 0 radical (unpaired) electrons. The van der Waals surface area contributed by atoms with Gasteiger partial charge in [0.25, 0.3) is 5.91 Å². The molecule has 18 heavy (non-hydrogen) atoms. The number of benzene rings is 1. The number of hydrogen-bond donors (Lipinski definition) is 2. The van der Waals surface area contributed by atoms with Crippen LogP contribution in [0, 0.1) is 17.5 Å². The van der Waals surface area contributed by atoms with E-state index in [-0.39, 0.29) is 12.2 Å². The number of nitrogens with one attached hydrogen (secondary N) is 1. The molecule has 0 saturated carbocycles. The molecule has 0 aliphatic rings. The van der Waals surface area contributed by atoms with Crippen molar-refractivity contribution in [2.45, 2.75) is 19.3 Å². The van der Waals surface area contributed by atoms with Gasteiger partial charge in [0, 0.05) is 18.7 Å². The molecule has 0 heterocycles. The Morgan fingerprint density at radius 2 is 1.72 bits per heavy atom. The number of unbranched alkanes of at least 4 members (excludes halogenated alkanes) is 2. The summed E-state index contributed by atoms with van der Waals surface area (Å²) in [4.78, 5) is 11.5. The van der Waals surface area contributed by atoms with E-state index in [2.05, 4.69) is 5.32 Å². The van der Waals surface area contributed by atoms with Crippen LogP contribution in [0.5, 0.6) is 0 Å². The van der Waals surface area contributed by atoms with Crippen molar-refractivity contribution < 1.29 is 23.1 Å². The van der Waals surface area contributed by atoms with Gasteiger partial charge in [-0.15, -0.1) is 0 Å². The van der Waals surface area contributed by atoms with Crippen molar-refractivity contribution in [3.8, 4) is 0 Å². The molecule has 1 aromatic rings. The Morgan fingerprint density at radius 1 is 1.11 bits per heavy atom. The normalized spacial score (nSPS) is 10.4. The van der Waals surface area contributed by atoms with Gasteiger partial charge in [-0.1, -0.05) is 0 Å². The molecule has 0 bridgehead atoms. The summed E-state index contributed by atoms with van der Waals surface area (Å²) in [7, 11) is 0. The zero-order valence-corrected chi connectivity index (χ0v) is 9.68. The van der Waals surface area contributed by atoms with Gasteiger partial charge in [-0.05, 0) is 31.4 Å². The number of aliphatic hydroxyl groups is 1. The standard InChI is InChI=1S/C12H14F3NO2/c13-9-6-8(7-10(14)11(9)15)12(18)16-4-2-1-3-5-17/h6-7,17H,1-5H2,(H,16,18). The van der Waals surface area contributed by atoms with Gasteiger partial charge in [-0.25, -0.2) is 13.2 Å². The van der Waals surface area contributed by atoms with Crippen molar-refractivity contribution in [2.24, 2.45) is 0 Å². The van der Waals surface area contributed by atoms with Crippen LogP contribution in [0.25, 0.3) is 0 Å². The lowest BCUT2D eigenvalue weighted by molar-refractivity contribution is 0.0951. The summed E-state index contributed by atoms with van der Waals surface area (Å²) in [6.07, 6.45) is 2.02. The van der Waals surface area contributed by atoms with Crippen LogP contribution in [-0.4, -0.2) is 24.2 Å². The Labute approximate surface area is 103 Å². The molecule has 2 N–H and O–H groups in total. The smallest absolute Gasteiger partial charge is 0.251 e. The van der Waals surface area contributed by atoms with Gasteiger partial charge in [-0.2, -0.15) is 0 Å². The second-order valence-electron chi connectivity index (χ2n) is 3.79. The van der Waals surface area contributed by atoms with Crippen LogP contribution in [-0.2, 0) is 0 Å². The van der Waals surface area contributed by atoms with E-state index in [0.29, 0.717) is 31.5 Å². The van der Waals surface area contributed by atoms with Crippen molar-refractivity contribution in [2.75, 3.05) is 13.2 Å². The van der Waals surface area contributed by atoms with E-state index in [1.165, 1.54) is 0 Å². The molecule has 0 atom stereocenters. The average molecular weight is 261 g/mol. The van der Waals surface area contributed by atoms with E-state index < -0.39 is 23.4 Å². The molecule has 0 aliphatic carbocycles. The molecule has 0 saturated heterocycles. The first-order valence-electron chi connectivity index (χ1n) is 5.60. The van der Waals surface area contributed by atoms with E-state index >= 15 is 0 Å². The SMILES string of the molecule is O=C(NCCCCCO)c1cc(F)c(F)c(F)c1. The first kappa shape index (κ1) is 14.5. The molecule has 100 valence electrons. The summed E-state index contributed by atoms with van der Waals surface area (Å²) in [6, 6.07) is 1.31. The predicted octanol–water partition coefficient (Wildman–Crippen LogP) is 2.00. The summed E-state index contributed by atoms with van der Waals surface area (Å²) in [5.74, 6) is -5.02. The lowest BCUT2D eigenvalue weighted by Crippen LogP contribution is -2.24. The maximum absolute atomic E-state index is 12.9. The first-order chi connectivity index (χ1) is 8.56. The van der Waals surface area contributed by atoms with Crippen LogP contribution in [0.1, 0.15) is 29.6 Å². The van der Waals surface area contributed by atoms with Gasteiger partial charge in [-0.3, -0.25) is 4.79 Å². The summed E-state index contributed by atoms with van der Waals surface area (Å²) in [6.45, 7) is 0.418. The Balaban J connectivity index is 2.52. The molecule has 0 spiro atoms. The third-order valence-electron chi connectivity index (χ3n) is 2.37. The van der Waals surface area contributed by atoms with Gasteiger partial charge < -0.3 is 10.4 Å². The highest BCUT2D eigenvalue weighted by Gasteiger charge is 2.14. The van der Waals surface area contributed by atoms with Gasteiger partial charge in [0.2, 0.25) is 0 Å². The van der Waals surface area contributed by atoms with Crippen LogP contribution >= 0.6 is 0 Å². The fourth-order valence-electron chi connectivity index (χ4n) is 1.40. The van der Waals surface area contributed by atoms with Gasteiger partial charge in [0.05, 0.1) is 0 Å². The van der Waals surface area contributed by atoms with E-state index in [0.717, 1.165) is 6.42 Å². The minimum atomic E-state index is -1.59. The van der Waals surface area contributed by atoms with Gasteiger partial charge in [0.15, 0.2) is 17.5 Å². The van der Waals surface area contributed by atoms with Crippen molar-refractivity contribution in [3.05, 3.63) is 35.1 Å². The lowest BCUT2D eigenvalue weighted by Gasteiger charge is -2.05. The van der Waals surface area contributed by atoms with Crippen LogP contribution < -0.4 is 5.32 Å². The third-order valence-corrected chi connectivity index (χ3v) is 2.37. The van der Waals surface area contributed by atoms with Crippen molar-refractivity contribution >= 4 is 5.91 Å². The Bertz CT molecular complexity index is 401. The Morgan fingerprint density at radius 3 is 2.28 bits per heavy atom. The molecule has 0 aromatic heterocycles.